The molecule has 0 spiro atoms. The quantitative estimate of drug-likeness (QED) is 0.664. The third-order valence-corrected chi connectivity index (χ3v) is 4.13. The van der Waals surface area contributed by atoms with Gasteiger partial charge in [-0.15, -0.1) is 0 Å². The third-order valence-electron chi connectivity index (χ3n) is 4.13. The maximum Gasteiger partial charge on any atom is 0.0243 e. The highest BCUT2D eigenvalue weighted by atomic mass is 15.2. The van der Waals surface area contributed by atoms with E-state index in [0.29, 0.717) is 0 Å². The molecular weight excluding hydrogens is 208 g/mol. The lowest BCUT2D eigenvalue weighted by Gasteiger charge is -2.34. The van der Waals surface area contributed by atoms with Crippen LogP contribution in [0.3, 0.4) is 0 Å². The number of nitrogens with zero attached hydrogens (tertiary/aromatic N) is 1. The van der Waals surface area contributed by atoms with Gasteiger partial charge in [0.15, 0.2) is 0 Å². The minimum absolute atomic E-state index is 0.746. The molecule has 1 N–H and O–H groups in total. The molecule has 0 radical (unpaired) electrons. The van der Waals surface area contributed by atoms with Gasteiger partial charge in [0.25, 0.3) is 0 Å². The van der Waals surface area contributed by atoms with E-state index in [4.69, 9.17) is 0 Å². The van der Waals surface area contributed by atoms with Crippen LogP contribution in [0.1, 0.15) is 52.9 Å². The van der Waals surface area contributed by atoms with Gasteiger partial charge >= 0.3 is 0 Å². The zero-order valence-corrected chi connectivity index (χ0v) is 11.9. The fraction of sp³-hybridized carbons (Fsp3) is 1.00. The van der Waals surface area contributed by atoms with Crippen LogP contribution in [0.5, 0.6) is 0 Å². The van der Waals surface area contributed by atoms with Crippen LogP contribution in [-0.4, -0.2) is 36.6 Å². The fourth-order valence-corrected chi connectivity index (χ4v) is 2.67. The maximum atomic E-state index is 3.73. The molecular formula is C15H30N2. The number of rotatable bonds is 9. The van der Waals surface area contributed by atoms with Crippen LogP contribution in [0.25, 0.3) is 0 Å². The largest absolute Gasteiger partial charge is 0.312 e. The molecule has 2 nitrogen and oxygen atoms in total. The molecule has 17 heavy (non-hydrogen) atoms. The molecule has 0 bridgehead atoms. The highest BCUT2D eigenvalue weighted by Gasteiger charge is 2.30. The Balaban J connectivity index is 1.83. The Labute approximate surface area is 107 Å². The first kappa shape index (κ1) is 13.4. The Bertz CT molecular complexity index is 219. The van der Waals surface area contributed by atoms with E-state index in [1.807, 2.05) is 0 Å². The average Bonchev–Trinajstić information content (AvgIpc) is 3.12. The summed E-state index contributed by atoms with van der Waals surface area (Å²) >= 11 is 0. The highest BCUT2D eigenvalue weighted by Crippen LogP contribution is 2.31. The molecule has 2 aliphatic rings. The van der Waals surface area contributed by atoms with Crippen LogP contribution >= 0.6 is 0 Å². The standard InChI is InChI=1S/C15H30N2/c1-4-9-17(11-13-5-6-13)15(12(2)3)10-16-14-7-8-14/h12-16H,4-11H2,1-3H3. The summed E-state index contributed by atoms with van der Waals surface area (Å²) in [5.41, 5.74) is 0. The van der Waals surface area contributed by atoms with E-state index in [1.54, 1.807) is 0 Å². The van der Waals surface area contributed by atoms with Gasteiger partial charge in [0.1, 0.15) is 0 Å². The first-order valence-corrected chi connectivity index (χ1v) is 7.68. The van der Waals surface area contributed by atoms with Crippen LogP contribution in [0.15, 0.2) is 0 Å². The monoisotopic (exact) mass is 238 g/mol. The topological polar surface area (TPSA) is 15.3 Å². The van der Waals surface area contributed by atoms with Crippen LogP contribution in [-0.2, 0) is 0 Å². The van der Waals surface area contributed by atoms with Gasteiger partial charge in [-0.25, -0.2) is 0 Å². The van der Waals surface area contributed by atoms with Crippen molar-refractivity contribution in [3.05, 3.63) is 0 Å². The summed E-state index contributed by atoms with van der Waals surface area (Å²) in [6.07, 6.45) is 7.05. The summed E-state index contributed by atoms with van der Waals surface area (Å²) in [7, 11) is 0. The van der Waals surface area contributed by atoms with Crippen molar-refractivity contribution in [3.63, 3.8) is 0 Å². The second-order valence-electron chi connectivity index (χ2n) is 6.43. The molecule has 0 aromatic carbocycles. The van der Waals surface area contributed by atoms with Crippen molar-refractivity contribution >= 4 is 0 Å². The molecule has 1 atom stereocenters. The van der Waals surface area contributed by atoms with Gasteiger partial charge in [-0.2, -0.15) is 0 Å². The van der Waals surface area contributed by atoms with Crippen molar-refractivity contribution in [3.8, 4) is 0 Å². The number of hydrogen-bond donors (Lipinski definition) is 1. The van der Waals surface area contributed by atoms with Gasteiger partial charge in [-0.1, -0.05) is 20.8 Å². The highest BCUT2D eigenvalue weighted by molar-refractivity contribution is 4.87. The molecule has 2 aliphatic carbocycles. The van der Waals surface area contributed by atoms with E-state index in [1.165, 1.54) is 51.7 Å². The summed E-state index contributed by atoms with van der Waals surface area (Å²) in [5, 5.41) is 3.73. The van der Waals surface area contributed by atoms with E-state index in [2.05, 4.69) is 31.0 Å². The van der Waals surface area contributed by atoms with Crippen LogP contribution in [0.2, 0.25) is 0 Å². The molecule has 2 fully saturated rings. The van der Waals surface area contributed by atoms with E-state index < -0.39 is 0 Å². The summed E-state index contributed by atoms with van der Waals surface area (Å²) in [5.74, 6) is 1.79. The van der Waals surface area contributed by atoms with Gasteiger partial charge in [0.2, 0.25) is 0 Å². The lowest BCUT2D eigenvalue weighted by molar-refractivity contribution is 0.144. The molecule has 0 amide bonds. The smallest absolute Gasteiger partial charge is 0.0243 e. The predicted molar refractivity (Wildman–Crippen MR) is 74.2 cm³/mol. The van der Waals surface area contributed by atoms with E-state index in [0.717, 1.165) is 23.9 Å². The molecule has 100 valence electrons. The Morgan fingerprint density at radius 2 is 1.88 bits per heavy atom. The second kappa shape index (κ2) is 6.19. The van der Waals surface area contributed by atoms with Gasteiger partial charge < -0.3 is 5.32 Å². The van der Waals surface area contributed by atoms with Crippen molar-refractivity contribution in [2.45, 2.75) is 65.0 Å². The van der Waals surface area contributed by atoms with Gasteiger partial charge in [0, 0.05) is 25.2 Å². The van der Waals surface area contributed by atoms with Crippen molar-refractivity contribution < 1.29 is 0 Å². The molecule has 0 aliphatic heterocycles. The van der Waals surface area contributed by atoms with Crippen molar-refractivity contribution in [2.24, 2.45) is 11.8 Å². The third kappa shape index (κ3) is 4.59. The Morgan fingerprint density at radius 3 is 2.35 bits per heavy atom. The summed E-state index contributed by atoms with van der Waals surface area (Å²) in [4.78, 5) is 2.76. The predicted octanol–water partition coefficient (Wildman–Crippen LogP) is 2.89. The van der Waals surface area contributed by atoms with Crippen LogP contribution in [0, 0.1) is 11.8 Å². The lowest BCUT2D eigenvalue weighted by atomic mass is 10.0. The van der Waals surface area contributed by atoms with Crippen LogP contribution in [0.4, 0.5) is 0 Å². The number of nitrogens with one attached hydrogen (secondary N) is 1. The average molecular weight is 238 g/mol. The molecule has 0 aromatic rings. The molecule has 0 heterocycles. The summed E-state index contributed by atoms with van der Waals surface area (Å²) < 4.78 is 0. The van der Waals surface area contributed by atoms with E-state index in [9.17, 15) is 0 Å². The molecule has 1 unspecified atom stereocenters. The summed E-state index contributed by atoms with van der Waals surface area (Å²) in [6, 6.07) is 1.59. The minimum atomic E-state index is 0.746. The molecule has 0 aromatic heterocycles. The zero-order valence-electron chi connectivity index (χ0n) is 11.9. The fourth-order valence-electron chi connectivity index (χ4n) is 2.67. The minimum Gasteiger partial charge on any atom is -0.312 e. The summed E-state index contributed by atoms with van der Waals surface area (Å²) in [6.45, 7) is 10.9. The Kier molecular flexibility index (Phi) is 4.87. The van der Waals surface area contributed by atoms with Gasteiger partial charge in [-0.05, 0) is 50.5 Å². The number of hydrogen-bond acceptors (Lipinski definition) is 2. The Morgan fingerprint density at radius 1 is 1.18 bits per heavy atom. The first-order chi connectivity index (χ1) is 8.20. The van der Waals surface area contributed by atoms with Crippen molar-refractivity contribution in [2.75, 3.05) is 19.6 Å². The van der Waals surface area contributed by atoms with Crippen LogP contribution < -0.4 is 5.32 Å². The normalized spacial score (nSPS) is 22.4. The molecule has 2 saturated carbocycles. The second-order valence-corrected chi connectivity index (χ2v) is 6.43. The molecule has 2 heteroatoms. The molecule has 0 saturated heterocycles. The first-order valence-electron chi connectivity index (χ1n) is 7.68. The van der Waals surface area contributed by atoms with Gasteiger partial charge in [-0.3, -0.25) is 4.90 Å². The van der Waals surface area contributed by atoms with Gasteiger partial charge in [0.05, 0.1) is 0 Å². The van der Waals surface area contributed by atoms with Crippen molar-refractivity contribution in [1.29, 1.82) is 0 Å². The maximum absolute atomic E-state index is 3.73. The SMILES string of the molecule is CCCN(CC1CC1)C(CNC1CC1)C(C)C. The zero-order chi connectivity index (χ0) is 12.3. The van der Waals surface area contributed by atoms with E-state index >= 15 is 0 Å². The van der Waals surface area contributed by atoms with E-state index in [-0.39, 0.29) is 0 Å². The lowest BCUT2D eigenvalue weighted by Crippen LogP contribution is -2.47. The Hall–Kier alpha value is -0.0800. The molecule has 2 rings (SSSR count). The van der Waals surface area contributed by atoms with Crippen molar-refractivity contribution in [1.82, 2.24) is 10.2 Å².